The number of nitrogens with zero attached hydrogens (tertiary/aromatic N) is 3. The zero-order valence-electron chi connectivity index (χ0n) is 18.0. The summed E-state index contributed by atoms with van der Waals surface area (Å²) in [5.74, 6) is -5.42. The van der Waals surface area contributed by atoms with Crippen LogP contribution >= 0.6 is 27.5 Å². The number of carbonyl (C=O) groups is 2. The van der Waals surface area contributed by atoms with Crippen LogP contribution in [0.3, 0.4) is 0 Å². The number of aromatic nitrogens is 2. The summed E-state index contributed by atoms with van der Waals surface area (Å²) in [7, 11) is 0. The van der Waals surface area contributed by atoms with Crippen molar-refractivity contribution in [2.24, 2.45) is 0 Å². The Morgan fingerprint density at radius 3 is 2.63 bits per heavy atom. The van der Waals surface area contributed by atoms with Gasteiger partial charge in [-0.3, -0.25) is 4.79 Å². The van der Waals surface area contributed by atoms with Gasteiger partial charge in [-0.1, -0.05) is 11.6 Å². The number of rotatable bonds is 6. The molecular weight excluding hydrogens is 569 g/mol. The maximum Gasteiger partial charge on any atom is 0.471 e. The van der Waals surface area contributed by atoms with Crippen LogP contribution in [0, 0.1) is 11.3 Å². The molecule has 11 nitrogen and oxygen atoms in total. The fraction of sp³-hybridized carbons (Fsp3) is 0.368. The molecular formula is C19H15BrClF3N4O7. The Kier molecular flexibility index (Phi) is 7.20. The topological polar surface area (TPSA) is 178 Å². The van der Waals surface area contributed by atoms with E-state index in [0.29, 0.717) is 10.5 Å². The number of carboxylic acid groups (broad SMARTS) is 1. The van der Waals surface area contributed by atoms with Crippen LogP contribution in [-0.4, -0.2) is 79.2 Å². The number of carbonyl (C=O) groups excluding carboxylic acids is 1. The SMILES string of the molecule is [2H]N(C(=O)C(F)(F)F)[C@H]1[C@H]([C@H](O)[C@H](O)CO)OC(C(=O)O)=C[C@@H]1n1nc2cc(Cl)c(Br)cc2c1C#N. The molecule has 188 valence electrons. The van der Waals surface area contributed by atoms with E-state index in [0.717, 1.165) is 4.68 Å². The molecule has 1 aliphatic rings. The monoisotopic (exact) mass is 583 g/mol. The number of benzene rings is 1. The molecule has 3 rings (SSSR count). The second-order valence-electron chi connectivity index (χ2n) is 7.26. The lowest BCUT2D eigenvalue weighted by molar-refractivity contribution is -0.178. The number of nitriles is 1. The van der Waals surface area contributed by atoms with E-state index < -0.39 is 66.1 Å². The summed E-state index contributed by atoms with van der Waals surface area (Å²) in [5.41, 5.74) is -0.259. The molecule has 0 saturated heterocycles. The number of aliphatic carboxylic acids is 1. The molecule has 1 aliphatic heterocycles. The fourth-order valence-electron chi connectivity index (χ4n) is 3.42. The first kappa shape index (κ1) is 25.2. The minimum atomic E-state index is -5.57. The van der Waals surface area contributed by atoms with Crippen LogP contribution in [0.2, 0.25) is 6.43 Å². The van der Waals surface area contributed by atoms with Crippen molar-refractivity contribution >= 4 is 50.3 Å². The van der Waals surface area contributed by atoms with E-state index in [-0.39, 0.29) is 21.6 Å². The summed E-state index contributed by atoms with van der Waals surface area (Å²) in [6, 6.07) is 0.455. The number of amides is 1. The summed E-state index contributed by atoms with van der Waals surface area (Å²) < 4.78 is 53.8. The molecule has 0 spiro atoms. The van der Waals surface area contributed by atoms with Crippen LogP contribution in [-0.2, 0) is 14.3 Å². The van der Waals surface area contributed by atoms with E-state index in [1.807, 2.05) is 0 Å². The summed E-state index contributed by atoms with van der Waals surface area (Å²) in [5, 5.41) is 52.6. The average Bonchev–Trinajstić information content (AvgIpc) is 3.17. The summed E-state index contributed by atoms with van der Waals surface area (Å²) in [6.07, 6.45) is -11.4. The highest BCUT2D eigenvalue weighted by Gasteiger charge is 2.49. The van der Waals surface area contributed by atoms with Crippen molar-refractivity contribution in [1.29, 1.82) is 5.26 Å². The van der Waals surface area contributed by atoms with Crippen LogP contribution in [0.1, 0.15) is 11.7 Å². The number of hydrogen-bond acceptors (Lipinski definition) is 8. The number of aliphatic hydroxyl groups is 3. The van der Waals surface area contributed by atoms with Crippen molar-refractivity contribution < 1.29 is 49.3 Å². The lowest BCUT2D eigenvalue weighted by Crippen LogP contribution is -2.60. The highest BCUT2D eigenvalue weighted by molar-refractivity contribution is 9.10. The lowest BCUT2D eigenvalue weighted by Gasteiger charge is -2.40. The van der Waals surface area contributed by atoms with Gasteiger partial charge in [0.25, 0.3) is 0 Å². The van der Waals surface area contributed by atoms with Gasteiger partial charge in [0, 0.05) is 9.86 Å². The molecule has 0 fully saturated rings. The number of halogens is 5. The highest BCUT2D eigenvalue weighted by Crippen LogP contribution is 2.35. The van der Waals surface area contributed by atoms with E-state index in [2.05, 4.69) is 21.0 Å². The number of ether oxygens (including phenoxy) is 1. The van der Waals surface area contributed by atoms with Crippen molar-refractivity contribution in [3.8, 4) is 6.07 Å². The van der Waals surface area contributed by atoms with Gasteiger partial charge in [-0.05, 0) is 34.1 Å². The Hall–Kier alpha value is -2.90. The quantitative estimate of drug-likeness (QED) is 0.331. The van der Waals surface area contributed by atoms with Gasteiger partial charge in [0.2, 0.25) is 5.76 Å². The van der Waals surface area contributed by atoms with Crippen LogP contribution in [0.4, 0.5) is 13.2 Å². The second kappa shape index (κ2) is 9.99. The number of aliphatic hydroxyl groups excluding tert-OH is 3. The van der Waals surface area contributed by atoms with Gasteiger partial charge in [0.05, 0.1) is 29.2 Å². The molecule has 0 bridgehead atoms. The minimum absolute atomic E-state index is 0.0569. The fourth-order valence-corrected chi connectivity index (χ4v) is 3.92. The summed E-state index contributed by atoms with van der Waals surface area (Å²) in [4.78, 5) is 23.7. The molecule has 2 heterocycles. The van der Waals surface area contributed by atoms with Gasteiger partial charge in [-0.25, -0.2) is 9.48 Å². The van der Waals surface area contributed by atoms with E-state index in [1.165, 1.54) is 12.1 Å². The maximum atomic E-state index is 13.2. The molecule has 1 aromatic carbocycles. The third kappa shape index (κ3) is 5.21. The Morgan fingerprint density at radius 2 is 2.09 bits per heavy atom. The number of hydrogen-bond donors (Lipinski definition) is 5. The van der Waals surface area contributed by atoms with E-state index >= 15 is 0 Å². The highest BCUT2D eigenvalue weighted by atomic mass is 79.9. The molecule has 1 amide bonds. The minimum Gasteiger partial charge on any atom is -0.478 e. The van der Waals surface area contributed by atoms with Crippen molar-refractivity contribution in [2.75, 3.05) is 6.61 Å². The first-order chi connectivity index (χ1) is 16.7. The molecule has 5 atom stereocenters. The standard InChI is InChI=1S/C19H15BrClF3N4O7/c20-7-1-6-9(2-8(7)21)27-28(11(6)4-25)10-3-13(17(32)33)35-16(15(31)12(30)5-29)14(10)26-18(34)19(22,23)24/h1-3,10,12,14-16,29-31H,5H2,(H,26,34)(H,32,33)/t10-,12+,14+,15+,16+/m0/s1/i/hD. The van der Waals surface area contributed by atoms with Gasteiger partial charge in [-0.2, -0.15) is 23.5 Å². The van der Waals surface area contributed by atoms with Gasteiger partial charge >= 0.3 is 18.1 Å². The largest absolute Gasteiger partial charge is 0.478 e. The van der Waals surface area contributed by atoms with E-state index in [4.69, 9.17) is 17.7 Å². The molecule has 0 saturated carbocycles. The molecule has 0 unspecified atom stereocenters. The van der Waals surface area contributed by atoms with Gasteiger partial charge in [0.1, 0.15) is 30.1 Å². The maximum absolute atomic E-state index is 13.2. The number of carboxylic acids is 1. The Balaban J connectivity index is 2.32. The first-order valence-electron chi connectivity index (χ1n) is 9.93. The Morgan fingerprint density at radius 1 is 1.43 bits per heavy atom. The summed E-state index contributed by atoms with van der Waals surface area (Å²) >= 11 is 9.21. The van der Waals surface area contributed by atoms with Gasteiger partial charge in [-0.15, -0.1) is 0 Å². The van der Waals surface area contributed by atoms with Crippen LogP contribution in [0.15, 0.2) is 28.4 Å². The summed E-state index contributed by atoms with van der Waals surface area (Å²) in [6.45, 7) is -1.13. The second-order valence-corrected chi connectivity index (χ2v) is 8.52. The number of nitrogens with one attached hydrogen (secondary N) is 1. The molecule has 1 aromatic heterocycles. The molecule has 0 aliphatic carbocycles. The van der Waals surface area contributed by atoms with Crippen molar-refractivity contribution in [3.63, 3.8) is 0 Å². The molecule has 0 radical (unpaired) electrons. The predicted molar refractivity (Wildman–Crippen MR) is 114 cm³/mol. The lowest BCUT2D eigenvalue weighted by atomic mass is 9.91. The van der Waals surface area contributed by atoms with Crippen LogP contribution in [0.25, 0.3) is 10.9 Å². The Bertz CT molecular complexity index is 1280. The van der Waals surface area contributed by atoms with Crippen LogP contribution in [0.5, 0.6) is 0 Å². The predicted octanol–water partition coefficient (Wildman–Crippen LogP) is 0.993. The number of alkyl halides is 3. The third-order valence-electron chi connectivity index (χ3n) is 5.04. The normalized spacial score (nSPS) is 22.4. The molecule has 5 N–H and O–H groups in total. The third-order valence-corrected chi connectivity index (χ3v) is 6.23. The van der Waals surface area contributed by atoms with Crippen LogP contribution < -0.4 is 5.31 Å². The van der Waals surface area contributed by atoms with Crippen molar-refractivity contribution in [2.45, 2.75) is 36.6 Å². The van der Waals surface area contributed by atoms with E-state index in [1.54, 1.807) is 6.07 Å². The zero-order chi connectivity index (χ0) is 27.1. The molecule has 2 aromatic rings. The zero-order valence-corrected chi connectivity index (χ0v) is 19.4. The van der Waals surface area contributed by atoms with Crippen molar-refractivity contribution in [3.05, 3.63) is 39.2 Å². The smallest absolute Gasteiger partial charge is 0.471 e. The Labute approximate surface area is 208 Å². The number of fused-ring (bicyclic) bond motifs is 1. The van der Waals surface area contributed by atoms with E-state index in [9.17, 15) is 48.4 Å². The average molecular weight is 585 g/mol. The molecule has 16 heteroatoms. The van der Waals surface area contributed by atoms with Gasteiger partial charge in [0.15, 0.2) is 1.41 Å². The van der Waals surface area contributed by atoms with Crippen molar-refractivity contribution in [1.82, 2.24) is 15.1 Å². The van der Waals surface area contributed by atoms with Gasteiger partial charge < -0.3 is 30.5 Å². The molecule has 35 heavy (non-hydrogen) atoms. The first-order valence-corrected chi connectivity index (χ1v) is 10.6.